The van der Waals surface area contributed by atoms with Crippen LogP contribution in [0.1, 0.15) is 27.7 Å². The number of hydrogen-bond donors (Lipinski definition) is 0. The highest BCUT2D eigenvalue weighted by Crippen LogP contribution is 2.40. The van der Waals surface area contributed by atoms with Gasteiger partial charge in [0.25, 0.3) is 6.54 Å². The minimum atomic E-state index is -0.866. The van der Waals surface area contributed by atoms with E-state index in [1.807, 2.05) is 0 Å². The maximum Gasteiger partial charge on any atom is 0.303 e. The van der Waals surface area contributed by atoms with Gasteiger partial charge in [0.1, 0.15) is 6.10 Å². The minimum Gasteiger partial charge on any atom is -0.457 e. The predicted molar refractivity (Wildman–Crippen MR) is 71.3 cm³/mol. The predicted octanol–water partition coefficient (Wildman–Crippen LogP) is 0.645. The van der Waals surface area contributed by atoms with Crippen LogP contribution < -0.4 is 0 Å². The second kappa shape index (κ2) is 6.20. The van der Waals surface area contributed by atoms with E-state index in [2.05, 4.69) is 4.85 Å². The van der Waals surface area contributed by atoms with Gasteiger partial charge in [0.15, 0.2) is 24.3 Å². The van der Waals surface area contributed by atoms with Crippen LogP contribution >= 0.6 is 0 Å². The van der Waals surface area contributed by atoms with Crippen LogP contribution in [-0.4, -0.2) is 55.0 Å². The molecule has 22 heavy (non-hydrogen) atoms. The lowest BCUT2D eigenvalue weighted by atomic mass is 10.1. The van der Waals surface area contributed by atoms with Gasteiger partial charge in [0.05, 0.1) is 0 Å². The Morgan fingerprint density at radius 2 is 1.95 bits per heavy atom. The van der Waals surface area contributed by atoms with Gasteiger partial charge >= 0.3 is 11.9 Å². The van der Waals surface area contributed by atoms with Gasteiger partial charge in [-0.25, -0.2) is 6.57 Å². The Hall–Kier alpha value is -1.69. The maximum absolute atomic E-state index is 11.4. The molecular formula is C14H19NO7. The van der Waals surface area contributed by atoms with Crippen LogP contribution in [0.2, 0.25) is 0 Å². The fraction of sp³-hybridized carbons (Fsp3) is 0.786. The molecule has 122 valence electrons. The molecule has 0 unspecified atom stereocenters. The highest BCUT2D eigenvalue weighted by Gasteiger charge is 2.59. The number of nitrogens with zero attached hydrogens (tertiary/aromatic N) is 1. The van der Waals surface area contributed by atoms with E-state index in [1.54, 1.807) is 13.8 Å². The fourth-order valence-corrected chi connectivity index (χ4v) is 2.64. The SMILES string of the molecule is [C-]#[N+]C[C@@H](OC(C)=O)[C@H]1O[C@@H]2OC(C)(C)O[C@@H]2[C@H]1OC(C)=O. The van der Waals surface area contributed by atoms with E-state index >= 15 is 0 Å². The Bertz CT molecular complexity index is 498. The third-order valence-corrected chi connectivity index (χ3v) is 3.28. The summed E-state index contributed by atoms with van der Waals surface area (Å²) in [4.78, 5) is 25.8. The molecule has 0 aromatic heterocycles. The molecule has 8 nitrogen and oxygen atoms in total. The van der Waals surface area contributed by atoms with Crippen LogP contribution in [-0.2, 0) is 33.3 Å². The summed E-state index contributed by atoms with van der Waals surface area (Å²) in [6.07, 6.45) is -3.86. The van der Waals surface area contributed by atoms with E-state index in [0.717, 1.165) is 0 Å². The zero-order valence-corrected chi connectivity index (χ0v) is 12.9. The molecule has 2 rings (SSSR count). The van der Waals surface area contributed by atoms with E-state index in [0.29, 0.717) is 0 Å². The lowest BCUT2D eigenvalue weighted by molar-refractivity contribution is -0.230. The van der Waals surface area contributed by atoms with Crippen molar-refractivity contribution in [3.05, 3.63) is 11.4 Å². The molecule has 0 amide bonds. The number of carbonyl (C=O) groups is 2. The zero-order valence-electron chi connectivity index (χ0n) is 12.9. The first-order valence-corrected chi connectivity index (χ1v) is 6.92. The zero-order chi connectivity index (χ0) is 16.5. The summed E-state index contributed by atoms with van der Waals surface area (Å²) >= 11 is 0. The molecule has 0 saturated carbocycles. The van der Waals surface area contributed by atoms with Crippen molar-refractivity contribution in [3.8, 4) is 0 Å². The molecule has 2 fully saturated rings. The van der Waals surface area contributed by atoms with Gasteiger partial charge in [0.2, 0.25) is 6.10 Å². The van der Waals surface area contributed by atoms with Crippen molar-refractivity contribution in [3.63, 3.8) is 0 Å². The summed E-state index contributed by atoms with van der Waals surface area (Å²) < 4.78 is 27.4. The molecule has 0 aliphatic carbocycles. The first-order chi connectivity index (χ1) is 10.2. The van der Waals surface area contributed by atoms with Gasteiger partial charge in [0, 0.05) is 13.8 Å². The van der Waals surface area contributed by atoms with Crippen LogP contribution in [0.4, 0.5) is 0 Å². The molecule has 0 aromatic rings. The van der Waals surface area contributed by atoms with Crippen LogP contribution in [0.15, 0.2) is 0 Å². The monoisotopic (exact) mass is 313 g/mol. The highest BCUT2D eigenvalue weighted by atomic mass is 16.8. The Morgan fingerprint density at radius 3 is 2.50 bits per heavy atom. The maximum atomic E-state index is 11.4. The second-order valence-electron chi connectivity index (χ2n) is 5.63. The van der Waals surface area contributed by atoms with Crippen LogP contribution in [0.5, 0.6) is 0 Å². The molecule has 0 aromatic carbocycles. The summed E-state index contributed by atoms with van der Waals surface area (Å²) in [6.45, 7) is 12.8. The molecule has 2 saturated heterocycles. The normalized spacial score (nSPS) is 33.6. The molecule has 8 heteroatoms. The summed E-state index contributed by atoms with van der Waals surface area (Å²) in [6, 6.07) is 0. The smallest absolute Gasteiger partial charge is 0.303 e. The van der Waals surface area contributed by atoms with Crippen molar-refractivity contribution in [2.24, 2.45) is 0 Å². The average molecular weight is 313 g/mol. The summed E-state index contributed by atoms with van der Waals surface area (Å²) in [5, 5.41) is 0. The number of ether oxygens (including phenoxy) is 5. The first kappa shape index (κ1) is 16.7. The highest BCUT2D eigenvalue weighted by molar-refractivity contribution is 5.67. The quantitative estimate of drug-likeness (QED) is 0.556. The topological polar surface area (TPSA) is 84.7 Å². The number of fused-ring (bicyclic) bond motifs is 1. The van der Waals surface area contributed by atoms with E-state index in [-0.39, 0.29) is 6.54 Å². The van der Waals surface area contributed by atoms with Gasteiger partial charge in [-0.3, -0.25) is 9.59 Å². The summed E-state index contributed by atoms with van der Waals surface area (Å²) in [5.74, 6) is -1.93. The van der Waals surface area contributed by atoms with Gasteiger partial charge in [-0.1, -0.05) is 0 Å². The van der Waals surface area contributed by atoms with Gasteiger partial charge in [-0.15, -0.1) is 0 Å². The van der Waals surface area contributed by atoms with Crippen LogP contribution in [0, 0.1) is 6.57 Å². The van der Waals surface area contributed by atoms with Crippen molar-refractivity contribution in [2.45, 2.75) is 64.2 Å². The van der Waals surface area contributed by atoms with E-state index in [9.17, 15) is 9.59 Å². The largest absolute Gasteiger partial charge is 0.457 e. The number of carbonyl (C=O) groups excluding carboxylic acids is 2. The number of rotatable bonds is 4. The fourth-order valence-electron chi connectivity index (χ4n) is 2.64. The second-order valence-corrected chi connectivity index (χ2v) is 5.63. The summed E-state index contributed by atoms with van der Waals surface area (Å²) in [5.41, 5.74) is 0. The van der Waals surface area contributed by atoms with Gasteiger partial charge in [-0.2, -0.15) is 0 Å². The van der Waals surface area contributed by atoms with Crippen molar-refractivity contribution >= 4 is 11.9 Å². The lowest BCUT2D eigenvalue weighted by Gasteiger charge is -2.28. The molecule has 0 spiro atoms. The van der Waals surface area contributed by atoms with E-state index in [1.165, 1.54) is 13.8 Å². The number of hydrogen-bond acceptors (Lipinski definition) is 7. The van der Waals surface area contributed by atoms with Crippen molar-refractivity contribution in [1.29, 1.82) is 0 Å². The lowest BCUT2D eigenvalue weighted by Crippen LogP contribution is -2.46. The van der Waals surface area contributed by atoms with Gasteiger partial charge < -0.3 is 28.5 Å². The third kappa shape index (κ3) is 3.55. The molecular weight excluding hydrogens is 294 g/mol. The molecule has 0 radical (unpaired) electrons. The minimum absolute atomic E-state index is 0.106. The van der Waals surface area contributed by atoms with E-state index in [4.69, 9.17) is 30.3 Å². The standard InChI is InChI=1S/C14H19NO7/c1-7(16)18-9(6-15-5)10-11(19-8(2)17)12-13(20-10)22-14(3,4)21-12/h9-13H,6H2,1-4H3/t9-,10-,11+,12-,13-/m1/s1. The molecule has 0 N–H and O–H groups in total. The van der Waals surface area contributed by atoms with Crippen LogP contribution in [0.25, 0.3) is 4.85 Å². The number of esters is 2. The Balaban J connectivity index is 2.21. The molecule has 2 heterocycles. The molecule has 2 aliphatic heterocycles. The summed E-state index contributed by atoms with van der Waals surface area (Å²) in [7, 11) is 0. The Kier molecular flexibility index (Phi) is 4.70. The van der Waals surface area contributed by atoms with E-state index < -0.39 is 48.4 Å². The van der Waals surface area contributed by atoms with Crippen molar-refractivity contribution in [2.75, 3.05) is 6.54 Å². The molecule has 5 atom stereocenters. The average Bonchev–Trinajstić information content (AvgIpc) is 2.81. The first-order valence-electron chi connectivity index (χ1n) is 6.92. The molecule has 2 aliphatic rings. The molecule has 0 bridgehead atoms. The third-order valence-electron chi connectivity index (χ3n) is 3.28. The Morgan fingerprint density at radius 1 is 1.27 bits per heavy atom. The Labute approximate surface area is 128 Å². The van der Waals surface area contributed by atoms with Crippen LogP contribution in [0.3, 0.4) is 0 Å². The van der Waals surface area contributed by atoms with Gasteiger partial charge in [-0.05, 0) is 13.8 Å². The van der Waals surface area contributed by atoms with Crippen molar-refractivity contribution < 1.29 is 33.3 Å². The van der Waals surface area contributed by atoms with Crippen molar-refractivity contribution in [1.82, 2.24) is 0 Å².